The maximum atomic E-state index is 4.46. The van der Waals surface area contributed by atoms with Gasteiger partial charge < -0.3 is 0 Å². The molecule has 0 aliphatic heterocycles. The van der Waals surface area contributed by atoms with Crippen LogP contribution in [0.3, 0.4) is 0 Å². The number of hydrogen-bond acceptors (Lipinski definition) is 2. The van der Waals surface area contributed by atoms with Crippen molar-refractivity contribution in [3.8, 4) is 0 Å². The Hall–Kier alpha value is -1.06. The summed E-state index contributed by atoms with van der Waals surface area (Å²) in [7, 11) is 1.50. The van der Waals surface area contributed by atoms with Crippen molar-refractivity contribution in [3.05, 3.63) is 30.3 Å². The van der Waals surface area contributed by atoms with E-state index in [9.17, 15) is 0 Å². The zero-order valence-corrected chi connectivity index (χ0v) is 5.74. The lowest BCUT2D eigenvalue weighted by Gasteiger charge is -2.00. The molecule has 1 rings (SSSR count). The fourth-order valence-corrected chi connectivity index (χ4v) is 0.611. The Morgan fingerprint density at radius 1 is 1.30 bits per heavy atom. The summed E-state index contributed by atoms with van der Waals surface area (Å²) in [4.78, 5) is 4.46. The Balaban J connectivity index is 2.43. The third-order valence-corrected chi connectivity index (χ3v) is 1.04. The van der Waals surface area contributed by atoms with Gasteiger partial charge in [0.05, 0.1) is 12.8 Å². The quantitative estimate of drug-likeness (QED) is 0.635. The molecule has 0 heterocycles. The standard InChI is InChI=1S/C7H9N2O/c1-10-9-8-7-5-3-2-4-6-7/h2-6,8H,1H3. The average Bonchev–Trinajstić information content (AvgIpc) is 2.03. The van der Waals surface area contributed by atoms with Crippen LogP contribution in [0.5, 0.6) is 0 Å². The normalized spacial score (nSPS) is 9.30. The molecule has 3 nitrogen and oxygen atoms in total. The molecule has 1 aromatic carbocycles. The molecule has 0 atom stereocenters. The lowest BCUT2D eigenvalue weighted by Crippen LogP contribution is -2.10. The van der Waals surface area contributed by atoms with Crippen LogP contribution in [0.4, 0.5) is 5.69 Å². The van der Waals surface area contributed by atoms with E-state index in [4.69, 9.17) is 0 Å². The van der Waals surface area contributed by atoms with Crippen molar-refractivity contribution in [2.24, 2.45) is 0 Å². The Morgan fingerprint density at radius 3 is 2.60 bits per heavy atom. The summed E-state index contributed by atoms with van der Waals surface area (Å²) in [5, 5.41) is 0. The minimum absolute atomic E-state index is 0.921. The van der Waals surface area contributed by atoms with Gasteiger partial charge in [-0.2, -0.15) is 0 Å². The van der Waals surface area contributed by atoms with Crippen LogP contribution in [0, 0.1) is 0 Å². The Morgan fingerprint density at radius 2 is 2.00 bits per heavy atom. The highest BCUT2D eigenvalue weighted by Crippen LogP contribution is 2.02. The SMILES string of the molecule is CO[N]Nc1ccccc1. The predicted molar refractivity (Wildman–Crippen MR) is 39.2 cm³/mol. The number of anilines is 1. The summed E-state index contributed by atoms with van der Waals surface area (Å²) >= 11 is 0. The van der Waals surface area contributed by atoms with E-state index in [0.717, 1.165) is 5.69 Å². The lowest BCUT2D eigenvalue weighted by atomic mass is 10.3. The van der Waals surface area contributed by atoms with Crippen LogP contribution in [0.2, 0.25) is 0 Å². The maximum Gasteiger partial charge on any atom is 0.0613 e. The van der Waals surface area contributed by atoms with Crippen molar-refractivity contribution in [2.75, 3.05) is 12.5 Å². The molecule has 0 spiro atoms. The van der Waals surface area contributed by atoms with Crippen LogP contribution in [0.25, 0.3) is 0 Å². The van der Waals surface area contributed by atoms with Crippen LogP contribution in [0.1, 0.15) is 0 Å². The minimum atomic E-state index is 0.921. The van der Waals surface area contributed by atoms with E-state index >= 15 is 0 Å². The summed E-state index contributed by atoms with van der Waals surface area (Å²) in [6.07, 6.45) is 0. The molecule has 0 amide bonds. The molecule has 0 aliphatic rings. The van der Waals surface area contributed by atoms with E-state index < -0.39 is 0 Å². The first kappa shape index (κ1) is 7.05. The van der Waals surface area contributed by atoms with Crippen LogP contribution >= 0.6 is 0 Å². The first-order chi connectivity index (χ1) is 4.93. The molecule has 1 N–H and O–H groups in total. The second-order valence-electron chi connectivity index (χ2n) is 1.75. The highest BCUT2D eigenvalue weighted by molar-refractivity contribution is 5.40. The average molecular weight is 137 g/mol. The number of benzene rings is 1. The molecule has 0 saturated heterocycles. The summed E-state index contributed by atoms with van der Waals surface area (Å²) in [5.41, 5.74) is 7.11. The summed E-state index contributed by atoms with van der Waals surface area (Å²) in [5.74, 6) is 0. The van der Waals surface area contributed by atoms with Gasteiger partial charge in [-0.3, -0.25) is 10.3 Å². The molecular formula is C7H9N2O. The molecule has 10 heavy (non-hydrogen) atoms. The summed E-state index contributed by atoms with van der Waals surface area (Å²) in [6.45, 7) is 0. The third kappa shape index (κ3) is 2.05. The van der Waals surface area contributed by atoms with Crippen molar-refractivity contribution in [2.45, 2.75) is 0 Å². The number of rotatable bonds is 3. The van der Waals surface area contributed by atoms with Gasteiger partial charge >= 0.3 is 0 Å². The van der Waals surface area contributed by atoms with Gasteiger partial charge in [0.25, 0.3) is 0 Å². The molecule has 3 heteroatoms. The fourth-order valence-electron chi connectivity index (χ4n) is 0.611. The van der Waals surface area contributed by atoms with E-state index in [1.165, 1.54) is 7.11 Å². The van der Waals surface area contributed by atoms with E-state index in [-0.39, 0.29) is 0 Å². The van der Waals surface area contributed by atoms with E-state index in [1.54, 1.807) is 0 Å². The monoisotopic (exact) mass is 137 g/mol. The molecule has 53 valence electrons. The van der Waals surface area contributed by atoms with E-state index in [0.29, 0.717) is 0 Å². The summed E-state index contributed by atoms with van der Waals surface area (Å²) in [6, 6.07) is 9.60. The predicted octanol–water partition coefficient (Wildman–Crippen LogP) is 1.18. The molecule has 0 saturated carbocycles. The Bertz CT molecular complexity index is 176. The largest absolute Gasteiger partial charge is 0.278 e. The van der Waals surface area contributed by atoms with E-state index in [2.05, 4.69) is 15.9 Å². The van der Waals surface area contributed by atoms with Gasteiger partial charge in [0, 0.05) is 5.59 Å². The second kappa shape index (κ2) is 3.87. The molecule has 0 aliphatic carbocycles. The van der Waals surface area contributed by atoms with Gasteiger partial charge in [-0.25, -0.2) is 0 Å². The van der Waals surface area contributed by atoms with Crippen LogP contribution in [-0.4, -0.2) is 7.11 Å². The van der Waals surface area contributed by atoms with E-state index in [1.807, 2.05) is 30.3 Å². The lowest BCUT2D eigenvalue weighted by molar-refractivity contribution is 0.102. The maximum absolute atomic E-state index is 4.46. The van der Waals surface area contributed by atoms with Crippen molar-refractivity contribution >= 4 is 5.69 Å². The van der Waals surface area contributed by atoms with Crippen molar-refractivity contribution in [1.29, 1.82) is 0 Å². The molecule has 1 radical (unpaired) electrons. The van der Waals surface area contributed by atoms with Gasteiger partial charge in [-0.15, -0.1) is 0 Å². The third-order valence-electron chi connectivity index (χ3n) is 1.04. The minimum Gasteiger partial charge on any atom is -0.278 e. The number of hydrogen-bond donors (Lipinski definition) is 1. The van der Waals surface area contributed by atoms with Gasteiger partial charge in [-0.1, -0.05) is 18.2 Å². The Labute approximate surface area is 59.9 Å². The van der Waals surface area contributed by atoms with Crippen LogP contribution in [-0.2, 0) is 4.84 Å². The zero-order valence-electron chi connectivity index (χ0n) is 5.74. The van der Waals surface area contributed by atoms with Gasteiger partial charge in [-0.05, 0) is 12.1 Å². The molecule has 1 aromatic rings. The molecule has 0 bridgehead atoms. The molecule has 0 fully saturated rings. The topological polar surface area (TPSA) is 35.4 Å². The first-order valence-electron chi connectivity index (χ1n) is 2.98. The fraction of sp³-hybridized carbons (Fsp3) is 0.143. The first-order valence-corrected chi connectivity index (χ1v) is 2.98. The Kier molecular flexibility index (Phi) is 2.73. The highest BCUT2D eigenvalue weighted by atomic mass is 16.7. The van der Waals surface area contributed by atoms with Gasteiger partial charge in [0.15, 0.2) is 0 Å². The number of para-hydroxylation sites is 1. The highest BCUT2D eigenvalue weighted by Gasteiger charge is 1.85. The second-order valence-corrected chi connectivity index (χ2v) is 1.75. The number of nitrogens with zero attached hydrogens (tertiary/aromatic N) is 1. The zero-order chi connectivity index (χ0) is 7.23. The molecular weight excluding hydrogens is 128 g/mol. The van der Waals surface area contributed by atoms with Crippen LogP contribution in [0.15, 0.2) is 30.3 Å². The summed E-state index contributed by atoms with van der Waals surface area (Å²) < 4.78 is 0. The van der Waals surface area contributed by atoms with Crippen molar-refractivity contribution in [1.82, 2.24) is 5.59 Å². The van der Waals surface area contributed by atoms with Gasteiger partial charge in [0.2, 0.25) is 0 Å². The van der Waals surface area contributed by atoms with Crippen molar-refractivity contribution < 1.29 is 4.84 Å². The van der Waals surface area contributed by atoms with Gasteiger partial charge in [0.1, 0.15) is 0 Å². The molecule has 0 aromatic heterocycles. The smallest absolute Gasteiger partial charge is 0.0613 e. The van der Waals surface area contributed by atoms with Crippen molar-refractivity contribution in [3.63, 3.8) is 0 Å². The molecule has 0 unspecified atom stereocenters. The van der Waals surface area contributed by atoms with Crippen LogP contribution < -0.4 is 11.0 Å². The number of nitrogens with one attached hydrogen (secondary N) is 1.